The summed E-state index contributed by atoms with van der Waals surface area (Å²) in [6.07, 6.45) is 0.903. The van der Waals surface area contributed by atoms with E-state index in [2.05, 4.69) is 5.16 Å². The molecule has 28 heavy (non-hydrogen) atoms. The van der Waals surface area contributed by atoms with Crippen molar-refractivity contribution in [3.63, 3.8) is 0 Å². The number of carbonyl (C=O) groups is 2. The van der Waals surface area contributed by atoms with Crippen molar-refractivity contribution in [2.45, 2.75) is 39.3 Å². The average Bonchev–Trinajstić information content (AvgIpc) is 3.11. The number of aromatic nitrogens is 1. The molecule has 0 spiro atoms. The highest BCUT2D eigenvalue weighted by molar-refractivity contribution is 5.85. The predicted molar refractivity (Wildman–Crippen MR) is 104 cm³/mol. The van der Waals surface area contributed by atoms with Gasteiger partial charge < -0.3 is 19.1 Å². The third-order valence-corrected chi connectivity index (χ3v) is 5.25. The number of methoxy groups -OCH3 is 1. The second-order valence-electron chi connectivity index (χ2n) is 7.17. The first kappa shape index (κ1) is 19.9. The van der Waals surface area contributed by atoms with Gasteiger partial charge in [0.2, 0.25) is 11.8 Å². The Bertz CT molecular complexity index is 848. The SMILES string of the molecule is CCN1C(=O)CC[C@@H](C(=O)N(C)Cc2cc(C)on2)[C@@H]1c1cccc(OC)c1. The maximum absolute atomic E-state index is 13.3. The largest absolute Gasteiger partial charge is 0.497 e. The zero-order valence-corrected chi connectivity index (χ0v) is 16.8. The molecule has 0 aliphatic carbocycles. The smallest absolute Gasteiger partial charge is 0.228 e. The highest BCUT2D eigenvalue weighted by Gasteiger charge is 2.41. The van der Waals surface area contributed by atoms with Gasteiger partial charge in [-0.2, -0.15) is 0 Å². The van der Waals surface area contributed by atoms with Gasteiger partial charge in [0.15, 0.2) is 0 Å². The molecular weight excluding hydrogens is 358 g/mol. The Hall–Kier alpha value is -2.83. The Labute approximate surface area is 165 Å². The topological polar surface area (TPSA) is 75.9 Å². The molecule has 0 unspecified atom stereocenters. The fraction of sp³-hybridized carbons (Fsp3) is 0.476. The van der Waals surface area contributed by atoms with Crippen molar-refractivity contribution in [2.75, 3.05) is 20.7 Å². The Kier molecular flexibility index (Phi) is 6.02. The van der Waals surface area contributed by atoms with Crippen LogP contribution in [0.1, 0.15) is 42.8 Å². The molecule has 1 aromatic heterocycles. The van der Waals surface area contributed by atoms with Crippen LogP contribution in [0.3, 0.4) is 0 Å². The number of amides is 2. The number of likely N-dealkylation sites (tertiary alicyclic amines) is 1. The number of carbonyl (C=O) groups excluding carboxylic acids is 2. The molecule has 1 aliphatic rings. The van der Waals surface area contributed by atoms with Crippen molar-refractivity contribution in [1.82, 2.24) is 15.0 Å². The van der Waals surface area contributed by atoms with Crippen LogP contribution in [0.4, 0.5) is 0 Å². The Morgan fingerprint density at radius 2 is 2.18 bits per heavy atom. The van der Waals surface area contributed by atoms with Crippen molar-refractivity contribution < 1.29 is 18.8 Å². The Morgan fingerprint density at radius 1 is 1.39 bits per heavy atom. The monoisotopic (exact) mass is 385 g/mol. The van der Waals surface area contributed by atoms with Gasteiger partial charge in [0.1, 0.15) is 17.2 Å². The maximum Gasteiger partial charge on any atom is 0.228 e. The molecule has 1 aliphatic heterocycles. The van der Waals surface area contributed by atoms with Gasteiger partial charge in [-0.05, 0) is 38.0 Å². The van der Waals surface area contributed by atoms with E-state index in [9.17, 15) is 9.59 Å². The molecule has 0 N–H and O–H groups in total. The number of rotatable bonds is 6. The molecule has 0 radical (unpaired) electrons. The Morgan fingerprint density at radius 3 is 2.82 bits per heavy atom. The van der Waals surface area contributed by atoms with Crippen LogP contribution < -0.4 is 4.74 Å². The summed E-state index contributed by atoms with van der Waals surface area (Å²) in [6.45, 7) is 4.69. The van der Waals surface area contributed by atoms with Crippen LogP contribution in [0.2, 0.25) is 0 Å². The lowest BCUT2D eigenvalue weighted by atomic mass is 9.83. The van der Waals surface area contributed by atoms with Crippen LogP contribution >= 0.6 is 0 Å². The molecule has 7 nitrogen and oxygen atoms in total. The number of hydrogen-bond acceptors (Lipinski definition) is 5. The van der Waals surface area contributed by atoms with Crippen molar-refractivity contribution in [1.29, 1.82) is 0 Å². The van der Waals surface area contributed by atoms with Crippen molar-refractivity contribution in [3.8, 4) is 5.75 Å². The minimum atomic E-state index is -0.317. The quantitative estimate of drug-likeness (QED) is 0.764. The first-order valence-corrected chi connectivity index (χ1v) is 9.55. The second-order valence-corrected chi connectivity index (χ2v) is 7.17. The van der Waals surface area contributed by atoms with Gasteiger partial charge in [-0.15, -0.1) is 0 Å². The van der Waals surface area contributed by atoms with Crippen molar-refractivity contribution >= 4 is 11.8 Å². The predicted octanol–water partition coefficient (Wildman–Crippen LogP) is 2.95. The molecule has 2 atom stereocenters. The molecule has 1 aromatic carbocycles. The first-order chi connectivity index (χ1) is 13.4. The van der Waals surface area contributed by atoms with E-state index >= 15 is 0 Å². The van der Waals surface area contributed by atoms with E-state index in [4.69, 9.17) is 9.26 Å². The molecule has 0 bridgehead atoms. The van der Waals surface area contributed by atoms with E-state index in [1.165, 1.54) is 0 Å². The maximum atomic E-state index is 13.3. The zero-order valence-electron chi connectivity index (χ0n) is 16.8. The molecular formula is C21H27N3O4. The summed E-state index contributed by atoms with van der Waals surface area (Å²) < 4.78 is 10.4. The molecule has 7 heteroatoms. The number of piperidine rings is 1. The van der Waals surface area contributed by atoms with E-state index in [-0.39, 0.29) is 23.8 Å². The fourth-order valence-electron chi connectivity index (χ4n) is 3.92. The van der Waals surface area contributed by atoms with Gasteiger partial charge in [-0.25, -0.2) is 0 Å². The van der Waals surface area contributed by atoms with Crippen LogP contribution in [-0.4, -0.2) is 47.5 Å². The minimum Gasteiger partial charge on any atom is -0.497 e. The average molecular weight is 385 g/mol. The molecule has 1 fully saturated rings. The standard InChI is InChI=1S/C21H27N3O4/c1-5-24-19(25)10-9-18(20(24)15-7-6-8-17(12-15)27-4)21(26)23(3)13-16-11-14(2)28-22-16/h6-8,11-12,18,20H,5,9-10,13H2,1-4H3/t18-,20+/m1/s1. The number of aryl methyl sites for hydroxylation is 1. The van der Waals surface area contributed by atoms with Crippen LogP contribution in [0.5, 0.6) is 5.75 Å². The van der Waals surface area contributed by atoms with E-state index in [0.717, 1.165) is 5.56 Å². The Balaban J connectivity index is 1.89. The summed E-state index contributed by atoms with van der Waals surface area (Å²) in [6, 6.07) is 9.13. The summed E-state index contributed by atoms with van der Waals surface area (Å²) in [5, 5.41) is 3.98. The number of hydrogen-bond donors (Lipinski definition) is 0. The van der Waals surface area contributed by atoms with Gasteiger partial charge in [-0.3, -0.25) is 9.59 Å². The van der Waals surface area contributed by atoms with Gasteiger partial charge in [0.05, 0.1) is 25.6 Å². The van der Waals surface area contributed by atoms with Crippen LogP contribution in [-0.2, 0) is 16.1 Å². The van der Waals surface area contributed by atoms with E-state index in [1.54, 1.807) is 24.0 Å². The van der Waals surface area contributed by atoms with E-state index < -0.39 is 0 Å². The van der Waals surface area contributed by atoms with Gasteiger partial charge >= 0.3 is 0 Å². The fourth-order valence-corrected chi connectivity index (χ4v) is 3.92. The molecule has 2 amide bonds. The summed E-state index contributed by atoms with van der Waals surface area (Å²) in [5.41, 5.74) is 1.63. The number of ether oxygens (including phenoxy) is 1. The van der Waals surface area contributed by atoms with Crippen LogP contribution in [0.15, 0.2) is 34.9 Å². The minimum absolute atomic E-state index is 0.000534. The summed E-state index contributed by atoms with van der Waals surface area (Å²) >= 11 is 0. The van der Waals surface area contributed by atoms with E-state index in [1.807, 2.05) is 44.2 Å². The summed E-state index contributed by atoms with van der Waals surface area (Å²) in [5.74, 6) is 1.19. The molecule has 2 aromatic rings. The van der Waals surface area contributed by atoms with Gasteiger partial charge in [0, 0.05) is 26.1 Å². The van der Waals surface area contributed by atoms with Crippen molar-refractivity contribution in [3.05, 3.63) is 47.3 Å². The first-order valence-electron chi connectivity index (χ1n) is 9.55. The lowest BCUT2D eigenvalue weighted by Crippen LogP contribution is -2.48. The lowest BCUT2D eigenvalue weighted by molar-refractivity contribution is -0.147. The highest BCUT2D eigenvalue weighted by Crippen LogP contribution is 2.38. The number of benzene rings is 1. The second kappa shape index (κ2) is 8.46. The number of nitrogens with zero attached hydrogens (tertiary/aromatic N) is 3. The zero-order chi connectivity index (χ0) is 20.3. The van der Waals surface area contributed by atoms with Gasteiger partial charge in [-0.1, -0.05) is 17.3 Å². The third-order valence-electron chi connectivity index (χ3n) is 5.25. The molecule has 3 rings (SSSR count). The molecule has 1 saturated heterocycles. The van der Waals surface area contributed by atoms with Crippen LogP contribution in [0, 0.1) is 12.8 Å². The van der Waals surface area contributed by atoms with Crippen molar-refractivity contribution in [2.24, 2.45) is 5.92 Å². The summed E-state index contributed by atoms with van der Waals surface area (Å²) in [4.78, 5) is 29.3. The van der Waals surface area contributed by atoms with Crippen LogP contribution in [0.25, 0.3) is 0 Å². The normalized spacial score (nSPS) is 19.6. The van der Waals surface area contributed by atoms with Gasteiger partial charge in [0.25, 0.3) is 0 Å². The molecule has 150 valence electrons. The third kappa shape index (κ3) is 4.03. The lowest BCUT2D eigenvalue weighted by Gasteiger charge is -2.41. The molecule has 0 saturated carbocycles. The molecule has 2 heterocycles. The summed E-state index contributed by atoms with van der Waals surface area (Å²) in [7, 11) is 3.38. The highest BCUT2D eigenvalue weighted by atomic mass is 16.5. The van der Waals surface area contributed by atoms with E-state index in [0.29, 0.717) is 43.1 Å².